The van der Waals surface area contributed by atoms with Gasteiger partial charge in [-0.15, -0.1) is 0 Å². The Hall–Kier alpha value is -2.98. The molecule has 0 amide bonds. The summed E-state index contributed by atoms with van der Waals surface area (Å²) in [6.45, 7) is 1.61. The first kappa shape index (κ1) is 23.2. The van der Waals surface area contributed by atoms with E-state index in [2.05, 4.69) is 0 Å². The summed E-state index contributed by atoms with van der Waals surface area (Å²) in [5.74, 6) is -0.944. The summed E-state index contributed by atoms with van der Waals surface area (Å²) < 4.78 is 86.1. The van der Waals surface area contributed by atoms with E-state index in [0.29, 0.717) is 17.0 Å². The van der Waals surface area contributed by atoms with E-state index in [4.69, 9.17) is 4.74 Å². The number of aryl methyl sites for hydroxylation is 1. The van der Waals surface area contributed by atoms with E-state index >= 15 is 0 Å². The monoisotopic (exact) mass is 462 g/mol. The highest BCUT2D eigenvalue weighted by Crippen LogP contribution is 2.32. The van der Waals surface area contributed by atoms with Gasteiger partial charge in [-0.3, -0.25) is 0 Å². The Bertz CT molecular complexity index is 1210. The van der Waals surface area contributed by atoms with Crippen molar-refractivity contribution in [2.75, 3.05) is 13.2 Å². The minimum atomic E-state index is -4.92. The normalized spacial score (nSPS) is 16.5. The third kappa shape index (κ3) is 5.51. The molecule has 4 rings (SSSR count). The van der Waals surface area contributed by atoms with Crippen LogP contribution in [0.1, 0.15) is 30.4 Å². The number of hydrogen-bond acceptors (Lipinski definition) is 1. The molecule has 1 aliphatic heterocycles. The molecule has 172 valence electrons. The smallest absolute Gasteiger partial charge is 0.381 e. The summed E-state index contributed by atoms with van der Waals surface area (Å²) in [6.07, 6.45) is -0.785. The Morgan fingerprint density at radius 1 is 0.939 bits per heavy atom. The van der Waals surface area contributed by atoms with Crippen molar-refractivity contribution in [2.45, 2.75) is 31.9 Å². The van der Waals surface area contributed by atoms with Gasteiger partial charge in [0.05, 0.1) is 10.9 Å². The Labute approximate surface area is 187 Å². The zero-order chi connectivity index (χ0) is 23.6. The molecule has 3 aromatic rings. The van der Waals surface area contributed by atoms with Crippen molar-refractivity contribution in [2.24, 2.45) is 5.92 Å². The number of ether oxygens (including phenoxy) is 1. The van der Waals surface area contributed by atoms with Gasteiger partial charge in [0.1, 0.15) is 11.6 Å². The molecule has 7 heteroatoms. The van der Waals surface area contributed by atoms with Crippen LogP contribution < -0.4 is 0 Å². The van der Waals surface area contributed by atoms with E-state index < -0.39 is 34.6 Å². The largest absolute Gasteiger partial charge is 0.458 e. The first-order valence-corrected chi connectivity index (χ1v) is 10.6. The van der Waals surface area contributed by atoms with Crippen molar-refractivity contribution < 1.29 is 31.1 Å². The van der Waals surface area contributed by atoms with Crippen LogP contribution in [0.2, 0.25) is 0 Å². The van der Waals surface area contributed by atoms with E-state index in [1.54, 1.807) is 0 Å². The van der Waals surface area contributed by atoms with Gasteiger partial charge in [0, 0.05) is 19.1 Å². The van der Waals surface area contributed by atoms with Gasteiger partial charge in [0.15, 0.2) is 5.82 Å². The Balaban J connectivity index is 1.60. The number of halogens is 6. The molecule has 1 fully saturated rings. The highest BCUT2D eigenvalue weighted by molar-refractivity contribution is 5.89. The maximum absolute atomic E-state index is 14.7. The van der Waals surface area contributed by atoms with Crippen molar-refractivity contribution in [3.8, 4) is 23.0 Å². The van der Waals surface area contributed by atoms with E-state index in [9.17, 15) is 26.3 Å². The third-order valence-corrected chi connectivity index (χ3v) is 5.79. The lowest BCUT2D eigenvalue weighted by Crippen LogP contribution is -2.17. The van der Waals surface area contributed by atoms with Crippen molar-refractivity contribution in [3.05, 3.63) is 71.0 Å². The maximum Gasteiger partial charge on any atom is 0.458 e. The molecule has 33 heavy (non-hydrogen) atoms. The third-order valence-electron chi connectivity index (χ3n) is 5.79. The number of hydrogen-bond donors (Lipinski definition) is 0. The van der Waals surface area contributed by atoms with Gasteiger partial charge in [-0.05, 0) is 71.9 Å². The quantitative estimate of drug-likeness (QED) is 0.294. The van der Waals surface area contributed by atoms with Gasteiger partial charge in [-0.1, -0.05) is 30.2 Å². The number of alkyl halides is 3. The standard InChI is InChI=1S/C26H20F6O/c27-22-14-20-12-19(13-23(28)24(20)25(29)21(22)9-10-26(30,31)32)18-7-5-16(6-8-18)3-4-17-2-1-11-33-15-17/h5-8,12-14,17H,1-4,11,15H2. The van der Waals surface area contributed by atoms with E-state index in [1.165, 1.54) is 12.0 Å². The molecule has 0 spiro atoms. The molecule has 1 unspecified atom stereocenters. The molecule has 0 bridgehead atoms. The van der Waals surface area contributed by atoms with Gasteiger partial charge in [0.25, 0.3) is 0 Å². The van der Waals surface area contributed by atoms with Crippen molar-refractivity contribution in [1.82, 2.24) is 0 Å². The van der Waals surface area contributed by atoms with Crippen LogP contribution in [0.4, 0.5) is 26.3 Å². The Kier molecular flexibility index (Phi) is 6.66. The average molecular weight is 462 g/mol. The fraction of sp³-hybridized carbons (Fsp3) is 0.308. The minimum absolute atomic E-state index is 0.0982. The summed E-state index contributed by atoms with van der Waals surface area (Å²) in [5, 5.41) is -0.697. The van der Waals surface area contributed by atoms with E-state index in [-0.39, 0.29) is 5.39 Å². The number of benzene rings is 3. The van der Waals surface area contributed by atoms with Crippen LogP contribution in [0, 0.1) is 35.2 Å². The van der Waals surface area contributed by atoms with Crippen LogP contribution in [0.3, 0.4) is 0 Å². The number of fused-ring (bicyclic) bond motifs is 1. The SMILES string of the molecule is Fc1cc2cc(-c3ccc(CCC4CCCOC4)cc3)cc(F)c2c(F)c1C#CC(F)(F)F. The molecular formula is C26H20F6O. The molecule has 0 radical (unpaired) electrons. The average Bonchev–Trinajstić information content (AvgIpc) is 2.77. The lowest BCUT2D eigenvalue weighted by atomic mass is 9.93. The zero-order valence-corrected chi connectivity index (χ0v) is 17.5. The second kappa shape index (κ2) is 9.48. The predicted molar refractivity (Wildman–Crippen MR) is 114 cm³/mol. The molecule has 0 N–H and O–H groups in total. The summed E-state index contributed by atoms with van der Waals surface area (Å²) in [4.78, 5) is 0. The second-order valence-electron chi connectivity index (χ2n) is 8.17. The highest BCUT2D eigenvalue weighted by Gasteiger charge is 2.24. The predicted octanol–water partition coefficient (Wildman–Crippen LogP) is 7.20. The van der Waals surface area contributed by atoms with Gasteiger partial charge in [-0.2, -0.15) is 13.2 Å². The van der Waals surface area contributed by atoms with Crippen molar-refractivity contribution >= 4 is 10.8 Å². The number of rotatable bonds is 4. The van der Waals surface area contributed by atoms with Crippen molar-refractivity contribution in [1.29, 1.82) is 0 Å². The Morgan fingerprint density at radius 2 is 1.70 bits per heavy atom. The molecule has 1 nitrogen and oxygen atoms in total. The van der Waals surface area contributed by atoms with E-state index in [0.717, 1.165) is 62.5 Å². The van der Waals surface area contributed by atoms with Gasteiger partial charge < -0.3 is 4.74 Å². The molecule has 3 aromatic carbocycles. The molecule has 0 aliphatic carbocycles. The van der Waals surface area contributed by atoms with Crippen LogP contribution in [0.25, 0.3) is 21.9 Å². The van der Waals surface area contributed by atoms with Crippen LogP contribution >= 0.6 is 0 Å². The topological polar surface area (TPSA) is 9.23 Å². The van der Waals surface area contributed by atoms with Gasteiger partial charge in [0.2, 0.25) is 0 Å². The fourth-order valence-electron chi connectivity index (χ4n) is 4.10. The molecule has 1 saturated heterocycles. The van der Waals surface area contributed by atoms with Crippen LogP contribution in [-0.2, 0) is 11.2 Å². The lowest BCUT2D eigenvalue weighted by molar-refractivity contribution is -0.0696. The lowest BCUT2D eigenvalue weighted by Gasteiger charge is -2.21. The first-order chi connectivity index (χ1) is 15.7. The summed E-state index contributed by atoms with van der Waals surface area (Å²) in [7, 11) is 0. The zero-order valence-electron chi connectivity index (χ0n) is 17.5. The van der Waals surface area contributed by atoms with E-state index in [1.807, 2.05) is 24.3 Å². The molecular weight excluding hydrogens is 442 g/mol. The van der Waals surface area contributed by atoms with Crippen LogP contribution in [-0.4, -0.2) is 19.4 Å². The van der Waals surface area contributed by atoms with Crippen LogP contribution in [0.5, 0.6) is 0 Å². The fourth-order valence-corrected chi connectivity index (χ4v) is 4.10. The molecule has 0 saturated carbocycles. The maximum atomic E-state index is 14.7. The second-order valence-corrected chi connectivity index (χ2v) is 8.17. The van der Waals surface area contributed by atoms with Crippen LogP contribution in [0.15, 0.2) is 42.5 Å². The molecule has 1 heterocycles. The minimum Gasteiger partial charge on any atom is -0.381 e. The van der Waals surface area contributed by atoms with Gasteiger partial charge >= 0.3 is 6.18 Å². The molecule has 0 aromatic heterocycles. The Morgan fingerprint density at radius 3 is 2.36 bits per heavy atom. The molecule has 1 atom stereocenters. The van der Waals surface area contributed by atoms with Gasteiger partial charge in [-0.25, -0.2) is 13.2 Å². The van der Waals surface area contributed by atoms with Crippen molar-refractivity contribution in [3.63, 3.8) is 0 Å². The summed E-state index contributed by atoms with van der Waals surface area (Å²) >= 11 is 0. The molecule has 1 aliphatic rings. The first-order valence-electron chi connectivity index (χ1n) is 10.6. The highest BCUT2D eigenvalue weighted by atomic mass is 19.4. The summed E-state index contributed by atoms with van der Waals surface area (Å²) in [5.41, 5.74) is 1.07. The summed E-state index contributed by atoms with van der Waals surface area (Å²) in [6, 6.07) is 10.8.